The lowest BCUT2D eigenvalue weighted by Gasteiger charge is -2.24. The first-order chi connectivity index (χ1) is 14.7. The molecule has 2 aromatic carbocycles. The Morgan fingerprint density at radius 2 is 1.83 bits per heavy atom. The first-order valence-electron chi connectivity index (χ1n) is 10.1. The molecule has 2 aliphatic rings. The van der Waals surface area contributed by atoms with Crippen LogP contribution in [0.15, 0.2) is 41.2 Å². The average molecular weight is 442 g/mol. The third-order valence-electron chi connectivity index (χ3n) is 5.84. The van der Waals surface area contributed by atoms with E-state index in [0.29, 0.717) is 17.1 Å². The zero-order valence-corrected chi connectivity index (χ0v) is 18.3. The van der Waals surface area contributed by atoms with Crippen LogP contribution < -0.4 is 15.6 Å². The summed E-state index contributed by atoms with van der Waals surface area (Å²) in [6.45, 7) is 0. The van der Waals surface area contributed by atoms with E-state index in [1.54, 1.807) is 7.11 Å². The van der Waals surface area contributed by atoms with E-state index < -0.39 is 0 Å². The number of fused-ring (bicyclic) bond motifs is 2. The number of anilines is 1. The molecule has 3 aromatic rings. The third kappa shape index (κ3) is 3.32. The fourth-order valence-electron chi connectivity index (χ4n) is 4.41. The van der Waals surface area contributed by atoms with Crippen molar-refractivity contribution in [3.8, 4) is 5.75 Å². The van der Waals surface area contributed by atoms with Crippen LogP contribution in [0, 0.1) is 0 Å². The molecule has 2 aliphatic heterocycles. The van der Waals surface area contributed by atoms with E-state index in [1.165, 1.54) is 11.8 Å². The molecule has 30 heavy (non-hydrogen) atoms. The van der Waals surface area contributed by atoms with E-state index in [9.17, 15) is 9.59 Å². The smallest absolute Gasteiger partial charge is 0.270 e. The Kier molecular flexibility index (Phi) is 5.28. The number of nitrogens with one attached hydrogen (secondary N) is 2. The molecular weight excluding hydrogens is 418 g/mol. The molecule has 8 heteroatoms. The number of methoxy groups -OCH3 is 1. The van der Waals surface area contributed by atoms with Gasteiger partial charge in [0.15, 0.2) is 0 Å². The van der Waals surface area contributed by atoms with Crippen molar-refractivity contribution >= 4 is 46.0 Å². The van der Waals surface area contributed by atoms with Crippen molar-refractivity contribution in [1.82, 2.24) is 9.78 Å². The Hall–Kier alpha value is -2.32. The molecule has 1 saturated heterocycles. The summed E-state index contributed by atoms with van der Waals surface area (Å²) in [4.78, 5) is 25.7. The first kappa shape index (κ1) is 19.6. The maximum Gasteiger partial charge on any atom is 0.270 e. The number of aromatic nitrogens is 2. The van der Waals surface area contributed by atoms with Gasteiger partial charge >= 0.3 is 0 Å². The second-order valence-corrected chi connectivity index (χ2v) is 9.88. The van der Waals surface area contributed by atoms with Crippen LogP contribution in [-0.2, 0) is 4.79 Å². The van der Waals surface area contributed by atoms with Gasteiger partial charge in [-0.25, -0.2) is 0 Å². The van der Waals surface area contributed by atoms with Crippen molar-refractivity contribution in [2.24, 2.45) is 0 Å². The molecule has 0 saturated carbocycles. The molecule has 0 bridgehead atoms. The Morgan fingerprint density at radius 3 is 2.60 bits per heavy atom. The van der Waals surface area contributed by atoms with Gasteiger partial charge in [0, 0.05) is 5.39 Å². The van der Waals surface area contributed by atoms with Gasteiger partial charge in [-0.1, -0.05) is 30.3 Å². The maximum atomic E-state index is 13.2. The summed E-state index contributed by atoms with van der Waals surface area (Å²) in [5, 5.41) is 7.87. The van der Waals surface area contributed by atoms with Crippen LogP contribution in [0.5, 0.6) is 5.75 Å². The lowest BCUT2D eigenvalue weighted by Crippen LogP contribution is -2.22. The zero-order chi connectivity index (χ0) is 20.7. The minimum Gasteiger partial charge on any atom is -0.496 e. The average Bonchev–Trinajstić information content (AvgIpc) is 2.99. The second-order valence-electron chi connectivity index (χ2n) is 7.56. The summed E-state index contributed by atoms with van der Waals surface area (Å²) in [6.07, 6.45) is 1.97. The quantitative estimate of drug-likeness (QED) is 0.638. The number of rotatable bonds is 3. The molecule has 1 fully saturated rings. The number of hydrogen-bond acceptors (Lipinski definition) is 5. The monoisotopic (exact) mass is 441 g/mol. The standard InChI is InChI=1S/C22H23N3O3S2/c1-28-17-7-6-16(14-4-2-3-5-15(14)17)20-19-21(23-18(26)12-30-20)25(24-22(19)27)13-8-10-29-11-9-13/h2-7,13,20H,8-12H2,1H3,(H,23,26)(H,24,27). The minimum atomic E-state index is -0.238. The van der Waals surface area contributed by atoms with Crippen molar-refractivity contribution in [3.63, 3.8) is 0 Å². The molecule has 1 atom stereocenters. The summed E-state index contributed by atoms with van der Waals surface area (Å²) in [5.41, 5.74) is 1.54. The van der Waals surface area contributed by atoms with Crippen molar-refractivity contribution in [2.45, 2.75) is 24.1 Å². The summed E-state index contributed by atoms with van der Waals surface area (Å²) in [6, 6.07) is 12.2. The van der Waals surface area contributed by atoms with Gasteiger partial charge in [-0.2, -0.15) is 11.8 Å². The van der Waals surface area contributed by atoms with Crippen molar-refractivity contribution < 1.29 is 9.53 Å². The van der Waals surface area contributed by atoms with Gasteiger partial charge in [-0.3, -0.25) is 19.4 Å². The number of carbonyl (C=O) groups is 1. The summed E-state index contributed by atoms with van der Waals surface area (Å²) in [5.74, 6) is 3.80. The molecular formula is C22H23N3O3S2. The molecule has 1 unspecified atom stereocenters. The van der Waals surface area contributed by atoms with Crippen LogP contribution in [0.25, 0.3) is 10.8 Å². The molecule has 0 radical (unpaired) electrons. The summed E-state index contributed by atoms with van der Waals surface area (Å²) >= 11 is 3.44. The number of aromatic amines is 1. The van der Waals surface area contributed by atoms with Gasteiger partial charge in [0.1, 0.15) is 11.6 Å². The molecule has 0 aliphatic carbocycles. The van der Waals surface area contributed by atoms with Gasteiger partial charge < -0.3 is 10.1 Å². The molecule has 0 spiro atoms. The number of benzene rings is 2. The Labute approximate surface area is 182 Å². The number of nitrogens with zero attached hydrogens (tertiary/aromatic N) is 1. The van der Waals surface area contributed by atoms with Gasteiger partial charge in [0.05, 0.1) is 29.7 Å². The van der Waals surface area contributed by atoms with E-state index in [0.717, 1.165) is 46.4 Å². The van der Waals surface area contributed by atoms with Crippen LogP contribution in [0.3, 0.4) is 0 Å². The SMILES string of the molecule is COc1ccc(C2SCC(=O)Nc3c2c(=O)[nH]n3C2CCSCC2)c2ccccc12. The Balaban J connectivity index is 1.69. The summed E-state index contributed by atoms with van der Waals surface area (Å²) in [7, 11) is 1.66. The first-order valence-corrected chi connectivity index (χ1v) is 12.3. The fourth-order valence-corrected chi connectivity index (χ4v) is 6.65. The predicted octanol–water partition coefficient (Wildman–Crippen LogP) is 4.18. The number of H-pyrrole nitrogens is 1. The number of ether oxygens (including phenoxy) is 1. The third-order valence-corrected chi connectivity index (χ3v) is 8.14. The molecule has 2 N–H and O–H groups in total. The number of amides is 1. The van der Waals surface area contributed by atoms with Gasteiger partial charge in [-0.05, 0) is 41.4 Å². The Bertz CT molecular complexity index is 1160. The normalized spacial score (nSPS) is 19.9. The lowest BCUT2D eigenvalue weighted by molar-refractivity contribution is -0.113. The van der Waals surface area contributed by atoms with E-state index in [4.69, 9.17) is 4.74 Å². The van der Waals surface area contributed by atoms with Gasteiger partial charge in [-0.15, -0.1) is 11.8 Å². The van der Waals surface area contributed by atoms with Crippen molar-refractivity contribution in [1.29, 1.82) is 0 Å². The van der Waals surface area contributed by atoms with Gasteiger partial charge in [0.2, 0.25) is 5.91 Å². The number of thioether (sulfide) groups is 2. The maximum absolute atomic E-state index is 13.2. The van der Waals surface area contributed by atoms with Crippen LogP contribution in [-0.4, -0.2) is 40.1 Å². The summed E-state index contributed by atoms with van der Waals surface area (Å²) < 4.78 is 7.46. The molecule has 5 rings (SSSR count). The number of hydrogen-bond donors (Lipinski definition) is 2. The van der Waals surface area contributed by atoms with Crippen LogP contribution >= 0.6 is 23.5 Å². The zero-order valence-electron chi connectivity index (χ0n) is 16.6. The molecule has 1 aromatic heterocycles. The fraction of sp³-hybridized carbons (Fsp3) is 0.364. The second kappa shape index (κ2) is 8.07. The largest absolute Gasteiger partial charge is 0.496 e. The highest BCUT2D eigenvalue weighted by Crippen LogP contribution is 2.44. The van der Waals surface area contributed by atoms with E-state index >= 15 is 0 Å². The predicted molar refractivity (Wildman–Crippen MR) is 124 cm³/mol. The highest BCUT2D eigenvalue weighted by atomic mass is 32.2. The van der Waals surface area contributed by atoms with Crippen LogP contribution in [0.2, 0.25) is 0 Å². The Morgan fingerprint density at radius 1 is 1.07 bits per heavy atom. The highest BCUT2D eigenvalue weighted by Gasteiger charge is 2.33. The van der Waals surface area contributed by atoms with E-state index in [-0.39, 0.29) is 22.8 Å². The van der Waals surface area contributed by atoms with Gasteiger partial charge in [0.25, 0.3) is 5.56 Å². The molecule has 6 nitrogen and oxygen atoms in total. The molecule has 3 heterocycles. The van der Waals surface area contributed by atoms with Crippen molar-refractivity contribution in [2.75, 3.05) is 29.7 Å². The minimum absolute atomic E-state index is 0.0699. The highest BCUT2D eigenvalue weighted by molar-refractivity contribution is 8.00. The van der Waals surface area contributed by atoms with E-state index in [1.807, 2.05) is 46.8 Å². The number of carbonyl (C=O) groups excluding carboxylic acids is 1. The molecule has 156 valence electrons. The lowest BCUT2D eigenvalue weighted by atomic mass is 9.98. The van der Waals surface area contributed by atoms with Crippen LogP contribution in [0.1, 0.15) is 35.3 Å². The molecule has 1 amide bonds. The van der Waals surface area contributed by atoms with E-state index in [2.05, 4.69) is 16.5 Å². The van der Waals surface area contributed by atoms with Crippen LogP contribution in [0.4, 0.5) is 5.82 Å². The van der Waals surface area contributed by atoms with Crippen molar-refractivity contribution in [3.05, 3.63) is 57.9 Å². The topological polar surface area (TPSA) is 76.1 Å².